The van der Waals surface area contributed by atoms with Gasteiger partial charge in [0.1, 0.15) is 0 Å². The SMILES string of the molecule is CCOc1ccc(C(=O)NC(=NCCc2c(C)nn(C)c2C)Nc2cc(C)ccc2C)cc1OCC. The molecule has 2 N–H and O–H groups in total. The summed E-state index contributed by atoms with van der Waals surface area (Å²) in [6, 6.07) is 11.3. The fraction of sp³-hybridized carbons (Fsp3) is 0.393. The van der Waals surface area contributed by atoms with Crippen molar-refractivity contribution in [2.24, 2.45) is 12.0 Å². The predicted octanol–water partition coefficient (Wildman–Crippen LogP) is 4.89. The summed E-state index contributed by atoms with van der Waals surface area (Å²) in [4.78, 5) is 18.0. The maximum absolute atomic E-state index is 13.2. The number of ether oxygens (including phenoxy) is 2. The second kappa shape index (κ2) is 12.2. The van der Waals surface area contributed by atoms with Crippen molar-refractivity contribution in [1.29, 1.82) is 0 Å². The first-order chi connectivity index (χ1) is 17.2. The van der Waals surface area contributed by atoms with Gasteiger partial charge in [-0.15, -0.1) is 0 Å². The Bertz CT molecular complexity index is 1250. The molecule has 1 aromatic heterocycles. The van der Waals surface area contributed by atoms with Gasteiger partial charge in [-0.05, 0) is 88.9 Å². The van der Waals surface area contributed by atoms with Gasteiger partial charge in [-0.1, -0.05) is 12.1 Å². The van der Waals surface area contributed by atoms with Crippen molar-refractivity contribution in [3.05, 3.63) is 70.0 Å². The van der Waals surface area contributed by atoms with Gasteiger partial charge in [0.15, 0.2) is 11.5 Å². The van der Waals surface area contributed by atoms with Gasteiger partial charge in [-0.2, -0.15) is 5.10 Å². The van der Waals surface area contributed by atoms with Gasteiger partial charge in [-0.25, -0.2) is 0 Å². The maximum atomic E-state index is 13.2. The number of aliphatic imine (C=N–C) groups is 1. The van der Waals surface area contributed by atoms with Gasteiger partial charge >= 0.3 is 0 Å². The molecule has 0 unspecified atom stereocenters. The van der Waals surface area contributed by atoms with Gasteiger partial charge in [0, 0.05) is 30.5 Å². The molecule has 8 heteroatoms. The molecular formula is C28H37N5O3. The summed E-state index contributed by atoms with van der Waals surface area (Å²) < 4.78 is 13.2. The van der Waals surface area contributed by atoms with E-state index in [4.69, 9.17) is 14.5 Å². The third-order valence-electron chi connectivity index (χ3n) is 5.97. The fourth-order valence-corrected chi connectivity index (χ4v) is 3.94. The largest absolute Gasteiger partial charge is 0.490 e. The van der Waals surface area contributed by atoms with Crippen LogP contribution in [0.4, 0.5) is 5.69 Å². The van der Waals surface area contributed by atoms with E-state index in [9.17, 15) is 4.79 Å². The van der Waals surface area contributed by atoms with Crippen LogP contribution in [-0.2, 0) is 13.5 Å². The highest BCUT2D eigenvalue weighted by Gasteiger charge is 2.15. The number of nitrogens with zero attached hydrogens (tertiary/aromatic N) is 3. The van der Waals surface area contributed by atoms with Crippen LogP contribution in [0.1, 0.15) is 52.3 Å². The molecule has 0 aliphatic rings. The first kappa shape index (κ1) is 26.8. The van der Waals surface area contributed by atoms with E-state index in [0.29, 0.717) is 42.8 Å². The molecule has 3 rings (SSSR count). The van der Waals surface area contributed by atoms with Crippen LogP contribution in [0.2, 0.25) is 0 Å². The third kappa shape index (κ3) is 6.65. The second-order valence-electron chi connectivity index (χ2n) is 8.68. The molecule has 1 amide bonds. The number of aryl methyl sites for hydroxylation is 4. The van der Waals surface area contributed by atoms with Crippen LogP contribution in [0.15, 0.2) is 41.4 Å². The molecule has 1 heterocycles. The minimum absolute atomic E-state index is 0.288. The Morgan fingerprint density at radius 2 is 1.72 bits per heavy atom. The number of hydrogen-bond acceptors (Lipinski definition) is 5. The lowest BCUT2D eigenvalue weighted by atomic mass is 10.1. The van der Waals surface area contributed by atoms with E-state index in [1.807, 2.05) is 58.5 Å². The molecule has 0 spiro atoms. The smallest absolute Gasteiger partial charge is 0.258 e. The Kier molecular flexibility index (Phi) is 9.11. The van der Waals surface area contributed by atoms with Crippen molar-refractivity contribution in [3.63, 3.8) is 0 Å². The zero-order valence-corrected chi connectivity index (χ0v) is 22.4. The highest BCUT2D eigenvalue weighted by Crippen LogP contribution is 2.28. The van der Waals surface area contributed by atoms with Gasteiger partial charge < -0.3 is 14.8 Å². The maximum Gasteiger partial charge on any atom is 0.258 e. The minimum atomic E-state index is -0.288. The van der Waals surface area contributed by atoms with Crippen molar-refractivity contribution in [2.75, 3.05) is 25.1 Å². The molecule has 2 aromatic carbocycles. The number of amides is 1. The summed E-state index contributed by atoms with van der Waals surface area (Å²) in [6.45, 7) is 13.4. The highest BCUT2D eigenvalue weighted by molar-refractivity contribution is 6.10. The van der Waals surface area contributed by atoms with Crippen molar-refractivity contribution in [1.82, 2.24) is 15.1 Å². The topological polar surface area (TPSA) is 89.8 Å². The van der Waals surface area contributed by atoms with Crippen LogP contribution in [0, 0.1) is 27.7 Å². The Balaban J connectivity index is 1.85. The number of rotatable bonds is 9. The second-order valence-corrected chi connectivity index (χ2v) is 8.68. The number of nitrogens with one attached hydrogen (secondary N) is 2. The molecule has 8 nitrogen and oxygen atoms in total. The van der Waals surface area contributed by atoms with Gasteiger partial charge in [-0.3, -0.25) is 19.8 Å². The van der Waals surface area contributed by atoms with E-state index in [1.54, 1.807) is 18.2 Å². The summed E-state index contributed by atoms with van der Waals surface area (Å²) in [5.41, 5.74) is 6.81. The number of benzene rings is 2. The summed E-state index contributed by atoms with van der Waals surface area (Å²) >= 11 is 0. The van der Waals surface area contributed by atoms with Crippen molar-refractivity contribution < 1.29 is 14.3 Å². The Morgan fingerprint density at radius 1 is 1.00 bits per heavy atom. The Hall–Kier alpha value is -3.81. The van der Waals surface area contributed by atoms with Gasteiger partial charge in [0.25, 0.3) is 5.91 Å². The Morgan fingerprint density at radius 3 is 2.39 bits per heavy atom. The van der Waals surface area contributed by atoms with Crippen molar-refractivity contribution in [2.45, 2.75) is 48.0 Å². The monoisotopic (exact) mass is 491 g/mol. The number of carbonyl (C=O) groups is 1. The van der Waals surface area contributed by atoms with E-state index >= 15 is 0 Å². The number of carbonyl (C=O) groups excluding carboxylic acids is 1. The van der Waals surface area contributed by atoms with E-state index in [1.165, 1.54) is 5.56 Å². The zero-order chi connectivity index (χ0) is 26.2. The normalized spacial score (nSPS) is 11.4. The van der Waals surface area contributed by atoms with E-state index < -0.39 is 0 Å². The van der Waals surface area contributed by atoms with Crippen LogP contribution in [0.25, 0.3) is 0 Å². The zero-order valence-electron chi connectivity index (χ0n) is 22.4. The molecule has 3 aromatic rings. The quantitative estimate of drug-likeness (QED) is 0.329. The average molecular weight is 492 g/mol. The summed E-state index contributed by atoms with van der Waals surface area (Å²) in [5, 5.41) is 10.8. The van der Waals surface area contributed by atoms with Gasteiger partial charge in [0.2, 0.25) is 5.96 Å². The van der Waals surface area contributed by atoms with E-state index in [0.717, 1.165) is 34.6 Å². The minimum Gasteiger partial charge on any atom is -0.490 e. The van der Waals surface area contributed by atoms with Crippen LogP contribution in [-0.4, -0.2) is 41.4 Å². The van der Waals surface area contributed by atoms with Crippen LogP contribution in [0.5, 0.6) is 11.5 Å². The molecule has 0 aliphatic heterocycles. The highest BCUT2D eigenvalue weighted by atomic mass is 16.5. The van der Waals surface area contributed by atoms with E-state index in [2.05, 4.69) is 28.7 Å². The summed E-state index contributed by atoms with van der Waals surface area (Å²) in [5.74, 6) is 1.25. The molecule has 192 valence electrons. The summed E-state index contributed by atoms with van der Waals surface area (Å²) in [7, 11) is 1.94. The lowest BCUT2D eigenvalue weighted by Crippen LogP contribution is -2.36. The third-order valence-corrected chi connectivity index (χ3v) is 5.97. The van der Waals surface area contributed by atoms with Crippen LogP contribution < -0.4 is 20.1 Å². The number of anilines is 1. The summed E-state index contributed by atoms with van der Waals surface area (Å²) in [6.07, 6.45) is 0.719. The molecule has 0 atom stereocenters. The molecule has 0 fully saturated rings. The Labute approximate surface area is 213 Å². The number of aromatic nitrogens is 2. The van der Waals surface area contributed by atoms with Gasteiger partial charge in [0.05, 0.1) is 18.9 Å². The lowest BCUT2D eigenvalue weighted by molar-refractivity contribution is 0.0976. The predicted molar refractivity (Wildman–Crippen MR) is 144 cm³/mol. The first-order valence-corrected chi connectivity index (χ1v) is 12.3. The molecule has 0 saturated heterocycles. The molecule has 0 aliphatic carbocycles. The van der Waals surface area contributed by atoms with Crippen LogP contribution in [0.3, 0.4) is 0 Å². The molecule has 0 bridgehead atoms. The standard InChI is InChI=1S/C28H37N5O3/c1-8-35-25-13-12-22(17-26(25)36-9-2)27(34)31-28(30-24-16-18(3)10-11-19(24)4)29-15-14-23-20(5)32-33(7)21(23)6/h10-13,16-17H,8-9,14-15H2,1-7H3,(H2,29,30,31,34). The van der Waals surface area contributed by atoms with Crippen molar-refractivity contribution >= 4 is 17.6 Å². The molecule has 0 saturated carbocycles. The average Bonchev–Trinajstić information content (AvgIpc) is 3.08. The first-order valence-electron chi connectivity index (χ1n) is 12.3. The molecule has 0 radical (unpaired) electrons. The molecule has 36 heavy (non-hydrogen) atoms. The molecular weight excluding hydrogens is 454 g/mol. The van der Waals surface area contributed by atoms with E-state index in [-0.39, 0.29) is 5.91 Å². The fourth-order valence-electron chi connectivity index (χ4n) is 3.94. The van der Waals surface area contributed by atoms with Crippen LogP contribution >= 0.6 is 0 Å². The number of hydrogen-bond donors (Lipinski definition) is 2. The number of guanidine groups is 1. The van der Waals surface area contributed by atoms with Crippen molar-refractivity contribution in [3.8, 4) is 11.5 Å². The lowest BCUT2D eigenvalue weighted by Gasteiger charge is -2.15.